The fraction of sp³-hybridized carbons (Fsp3) is 0.400. The second-order valence-corrected chi connectivity index (χ2v) is 7.94. The summed E-state index contributed by atoms with van der Waals surface area (Å²) >= 11 is 1.41. The zero-order valence-corrected chi connectivity index (χ0v) is 16.0. The Balaban J connectivity index is 1.64. The summed E-state index contributed by atoms with van der Waals surface area (Å²) in [4.78, 5) is 29.1. The van der Waals surface area contributed by atoms with Crippen molar-refractivity contribution < 1.29 is 19.1 Å². The van der Waals surface area contributed by atoms with Crippen LogP contribution in [0.1, 0.15) is 28.9 Å². The van der Waals surface area contributed by atoms with Crippen molar-refractivity contribution in [3.05, 3.63) is 47.1 Å². The van der Waals surface area contributed by atoms with E-state index in [1.807, 2.05) is 29.0 Å². The van der Waals surface area contributed by atoms with Crippen molar-refractivity contribution in [2.45, 2.75) is 25.3 Å². The number of aliphatic carboxylic acids is 1. The maximum absolute atomic E-state index is 13.1. The summed E-state index contributed by atoms with van der Waals surface area (Å²) in [5, 5.41) is 8.96. The number of hydrogen-bond acceptors (Lipinski definition) is 4. The van der Waals surface area contributed by atoms with Crippen LogP contribution in [0.2, 0.25) is 0 Å². The third-order valence-corrected chi connectivity index (χ3v) is 6.06. The van der Waals surface area contributed by atoms with Crippen molar-refractivity contribution in [1.29, 1.82) is 0 Å². The Morgan fingerprint density at radius 1 is 1.19 bits per heavy atom. The van der Waals surface area contributed by atoms with Gasteiger partial charge in [0, 0.05) is 24.0 Å². The van der Waals surface area contributed by atoms with E-state index in [9.17, 15) is 14.0 Å². The van der Waals surface area contributed by atoms with Crippen LogP contribution in [0.25, 0.3) is 10.4 Å². The van der Waals surface area contributed by atoms with Gasteiger partial charge in [0.1, 0.15) is 5.82 Å². The van der Waals surface area contributed by atoms with Gasteiger partial charge in [-0.25, -0.2) is 4.39 Å². The van der Waals surface area contributed by atoms with E-state index in [0.29, 0.717) is 18.0 Å². The molecule has 0 aliphatic carbocycles. The van der Waals surface area contributed by atoms with Crippen LogP contribution in [-0.4, -0.2) is 59.5 Å². The summed E-state index contributed by atoms with van der Waals surface area (Å²) in [6.45, 7) is 1.32. The number of thiophene rings is 1. The normalized spacial score (nSPS) is 17.7. The highest BCUT2D eigenvalue weighted by molar-refractivity contribution is 7.17. The number of benzene rings is 1. The van der Waals surface area contributed by atoms with Crippen molar-refractivity contribution in [3.63, 3.8) is 0 Å². The number of hydrogen-bond donors (Lipinski definition) is 1. The molecule has 1 aromatic carbocycles. The molecule has 1 aromatic heterocycles. The zero-order chi connectivity index (χ0) is 19.4. The Morgan fingerprint density at radius 3 is 2.63 bits per heavy atom. The van der Waals surface area contributed by atoms with E-state index in [1.165, 1.54) is 23.5 Å². The Kier molecular flexibility index (Phi) is 6.23. The average Bonchev–Trinajstić information content (AvgIpc) is 2.98. The van der Waals surface area contributed by atoms with E-state index in [1.54, 1.807) is 12.1 Å². The Bertz CT molecular complexity index is 806. The quantitative estimate of drug-likeness (QED) is 0.848. The lowest BCUT2D eigenvalue weighted by Gasteiger charge is -2.25. The first-order valence-corrected chi connectivity index (χ1v) is 9.83. The zero-order valence-electron chi connectivity index (χ0n) is 15.2. The Labute approximate surface area is 162 Å². The minimum absolute atomic E-state index is 0.00917. The van der Waals surface area contributed by atoms with E-state index < -0.39 is 5.97 Å². The standard InChI is InChI=1S/C20H23FN2O3S/c1-22(13-19(24)25)16-3-2-11-23(12-10-16)20(26)18-9-8-17(27-18)14-4-6-15(21)7-5-14/h4-9,16H,2-3,10-13H2,1H3,(H,24,25). The molecular formula is C20H23FN2O3S. The van der Waals surface area contributed by atoms with Gasteiger partial charge in [-0.05, 0) is 56.1 Å². The van der Waals surface area contributed by atoms with E-state index in [0.717, 1.165) is 29.7 Å². The first kappa shape index (κ1) is 19.5. The Morgan fingerprint density at radius 2 is 1.93 bits per heavy atom. The van der Waals surface area contributed by atoms with Gasteiger partial charge < -0.3 is 10.0 Å². The van der Waals surface area contributed by atoms with Crippen molar-refractivity contribution in [2.24, 2.45) is 0 Å². The van der Waals surface area contributed by atoms with Gasteiger partial charge in [0.15, 0.2) is 0 Å². The first-order valence-electron chi connectivity index (χ1n) is 9.01. The molecule has 0 bridgehead atoms. The molecule has 1 atom stereocenters. The van der Waals surface area contributed by atoms with Gasteiger partial charge in [-0.3, -0.25) is 14.5 Å². The van der Waals surface area contributed by atoms with E-state index >= 15 is 0 Å². The van der Waals surface area contributed by atoms with Gasteiger partial charge in [0.05, 0.1) is 11.4 Å². The van der Waals surface area contributed by atoms with Gasteiger partial charge in [-0.1, -0.05) is 12.1 Å². The smallest absolute Gasteiger partial charge is 0.317 e. The molecule has 0 radical (unpaired) electrons. The molecule has 1 unspecified atom stereocenters. The molecule has 1 N–H and O–H groups in total. The molecule has 7 heteroatoms. The number of carboxylic acid groups (broad SMARTS) is 1. The van der Waals surface area contributed by atoms with Crippen LogP contribution < -0.4 is 0 Å². The average molecular weight is 390 g/mol. The van der Waals surface area contributed by atoms with Crippen LogP contribution >= 0.6 is 11.3 Å². The molecule has 1 aliphatic heterocycles. The van der Waals surface area contributed by atoms with Gasteiger partial charge in [0.25, 0.3) is 5.91 Å². The summed E-state index contributed by atoms with van der Waals surface area (Å²) in [7, 11) is 1.82. The van der Waals surface area contributed by atoms with Crippen molar-refractivity contribution >= 4 is 23.2 Å². The molecule has 27 heavy (non-hydrogen) atoms. The molecule has 2 aromatic rings. The van der Waals surface area contributed by atoms with Crippen molar-refractivity contribution in [1.82, 2.24) is 9.80 Å². The van der Waals surface area contributed by atoms with Crippen LogP contribution in [0.3, 0.4) is 0 Å². The number of rotatable bonds is 5. The molecule has 1 amide bonds. The third-order valence-electron chi connectivity index (χ3n) is 4.94. The van der Waals surface area contributed by atoms with Crippen LogP contribution in [0.4, 0.5) is 4.39 Å². The molecule has 5 nitrogen and oxygen atoms in total. The first-order chi connectivity index (χ1) is 12.9. The lowest BCUT2D eigenvalue weighted by Crippen LogP contribution is -2.37. The second-order valence-electron chi connectivity index (χ2n) is 6.86. The molecule has 144 valence electrons. The van der Waals surface area contributed by atoms with Crippen molar-refractivity contribution in [2.75, 3.05) is 26.7 Å². The number of carbonyl (C=O) groups excluding carboxylic acids is 1. The number of likely N-dealkylation sites (N-methyl/N-ethyl adjacent to an activating group) is 1. The van der Waals surface area contributed by atoms with Crippen LogP contribution in [-0.2, 0) is 4.79 Å². The van der Waals surface area contributed by atoms with Gasteiger partial charge in [-0.15, -0.1) is 11.3 Å². The van der Waals surface area contributed by atoms with Gasteiger partial charge >= 0.3 is 5.97 Å². The predicted octanol–water partition coefficient (Wildman–Crippen LogP) is 3.57. The number of carbonyl (C=O) groups is 2. The molecule has 2 heterocycles. The summed E-state index contributed by atoms with van der Waals surface area (Å²) < 4.78 is 13.1. The number of amides is 1. The SMILES string of the molecule is CN(CC(=O)O)C1CCCN(C(=O)c2ccc(-c3ccc(F)cc3)s2)CC1. The Hall–Kier alpha value is -2.25. The molecule has 0 spiro atoms. The fourth-order valence-corrected chi connectivity index (χ4v) is 4.42. The van der Waals surface area contributed by atoms with Crippen LogP contribution in [0, 0.1) is 5.82 Å². The second kappa shape index (κ2) is 8.63. The maximum Gasteiger partial charge on any atom is 0.317 e. The summed E-state index contributed by atoms with van der Waals surface area (Å²) in [5.41, 5.74) is 0.895. The lowest BCUT2D eigenvalue weighted by atomic mass is 10.1. The third kappa shape index (κ3) is 4.93. The molecule has 3 rings (SSSR count). The van der Waals surface area contributed by atoms with Crippen LogP contribution in [0.5, 0.6) is 0 Å². The van der Waals surface area contributed by atoms with E-state index in [2.05, 4.69) is 0 Å². The number of likely N-dealkylation sites (tertiary alicyclic amines) is 1. The minimum atomic E-state index is -0.832. The largest absolute Gasteiger partial charge is 0.480 e. The highest BCUT2D eigenvalue weighted by atomic mass is 32.1. The number of halogens is 1. The van der Waals surface area contributed by atoms with E-state index in [4.69, 9.17) is 5.11 Å². The van der Waals surface area contributed by atoms with Crippen molar-refractivity contribution in [3.8, 4) is 10.4 Å². The highest BCUT2D eigenvalue weighted by Gasteiger charge is 2.25. The summed E-state index contributed by atoms with van der Waals surface area (Å²) in [6.07, 6.45) is 2.51. The molecule has 1 aliphatic rings. The monoisotopic (exact) mass is 390 g/mol. The summed E-state index contributed by atoms with van der Waals surface area (Å²) in [5.74, 6) is -1.10. The summed E-state index contributed by atoms with van der Waals surface area (Å²) in [6, 6.07) is 10.2. The number of nitrogens with zero attached hydrogens (tertiary/aromatic N) is 2. The molecule has 1 saturated heterocycles. The van der Waals surface area contributed by atoms with Gasteiger partial charge in [0.2, 0.25) is 0 Å². The topological polar surface area (TPSA) is 60.9 Å². The lowest BCUT2D eigenvalue weighted by molar-refractivity contribution is -0.138. The highest BCUT2D eigenvalue weighted by Crippen LogP contribution is 2.29. The maximum atomic E-state index is 13.1. The van der Waals surface area contributed by atoms with Gasteiger partial charge in [-0.2, -0.15) is 0 Å². The number of carboxylic acids is 1. The molecular weight excluding hydrogens is 367 g/mol. The minimum Gasteiger partial charge on any atom is -0.480 e. The van der Waals surface area contributed by atoms with E-state index in [-0.39, 0.29) is 24.3 Å². The molecule has 1 fully saturated rings. The molecule has 0 saturated carbocycles. The fourth-order valence-electron chi connectivity index (χ4n) is 3.44. The predicted molar refractivity (Wildman–Crippen MR) is 104 cm³/mol. The van der Waals surface area contributed by atoms with Crippen LogP contribution in [0.15, 0.2) is 36.4 Å².